The van der Waals surface area contributed by atoms with Crippen LogP contribution in [0.5, 0.6) is 0 Å². The van der Waals surface area contributed by atoms with Gasteiger partial charge in [-0.15, -0.1) is 0 Å². The first kappa shape index (κ1) is 23.2. The van der Waals surface area contributed by atoms with E-state index in [2.05, 4.69) is 5.32 Å². The van der Waals surface area contributed by atoms with Crippen LogP contribution in [-0.4, -0.2) is 11.8 Å². The maximum Gasteiger partial charge on any atom is 0.0883 e. The summed E-state index contributed by atoms with van der Waals surface area (Å²) >= 11 is 0. The number of hydrogen-bond acceptors (Lipinski definition) is 2. The van der Waals surface area contributed by atoms with Gasteiger partial charge in [-0.05, 0) is 13.0 Å². The second kappa shape index (κ2) is 13.5. The van der Waals surface area contributed by atoms with E-state index in [0.717, 1.165) is 5.56 Å². The first-order chi connectivity index (χ1) is 8.68. The molecule has 1 aromatic carbocycles. The molecule has 0 fully saturated rings. The topological polar surface area (TPSA) is 48.2 Å². The van der Waals surface area contributed by atoms with Gasteiger partial charge in [0.15, 0.2) is 0 Å². The SMILES string of the molecule is CC.CC.CC.Cc1ccc2c(c1)C(=O)[N-]C2=O.[W]. The van der Waals surface area contributed by atoms with Crippen LogP contribution < -0.4 is 0 Å². The number of fused-ring (bicyclic) bond motifs is 1. The van der Waals surface area contributed by atoms with Crippen LogP contribution in [0.1, 0.15) is 67.8 Å². The van der Waals surface area contributed by atoms with E-state index < -0.39 is 11.8 Å². The van der Waals surface area contributed by atoms with Gasteiger partial charge < -0.3 is 14.9 Å². The summed E-state index contributed by atoms with van der Waals surface area (Å²) in [6.45, 7) is 13.9. The van der Waals surface area contributed by atoms with Gasteiger partial charge in [0.1, 0.15) is 0 Å². The zero-order chi connectivity index (χ0) is 14.7. The maximum absolute atomic E-state index is 11.0. The molecule has 2 rings (SSSR count). The molecule has 0 saturated heterocycles. The van der Waals surface area contributed by atoms with Crippen molar-refractivity contribution in [3.63, 3.8) is 0 Å². The fraction of sp³-hybridized carbons (Fsp3) is 0.467. The number of amides is 2. The number of carbonyl (C=O) groups excluding carboxylic acids is 2. The van der Waals surface area contributed by atoms with E-state index in [1.54, 1.807) is 18.2 Å². The largest absolute Gasteiger partial charge is 0.587 e. The third kappa shape index (κ3) is 6.68. The Hall–Kier alpha value is -0.952. The van der Waals surface area contributed by atoms with Crippen molar-refractivity contribution < 1.29 is 30.7 Å². The predicted octanol–water partition coefficient (Wildman–Crippen LogP) is 4.74. The first-order valence-electron chi connectivity index (χ1n) is 6.59. The van der Waals surface area contributed by atoms with Crippen molar-refractivity contribution in [3.8, 4) is 0 Å². The minimum absolute atomic E-state index is 0. The molecule has 1 aliphatic heterocycles. The Morgan fingerprint density at radius 2 is 1.21 bits per heavy atom. The molecule has 0 aliphatic carbocycles. The average Bonchev–Trinajstić information content (AvgIpc) is 2.71. The summed E-state index contributed by atoms with van der Waals surface area (Å²) in [7, 11) is 0. The Balaban J connectivity index is -0.000000325. The smallest absolute Gasteiger partial charge is 0.0883 e. The van der Waals surface area contributed by atoms with Gasteiger partial charge in [0.2, 0.25) is 0 Å². The molecule has 0 spiro atoms. The molecule has 1 aromatic rings. The Kier molecular flexibility index (Phi) is 16.4. The molecule has 0 aromatic heterocycles. The Morgan fingerprint density at radius 3 is 1.68 bits per heavy atom. The molecule has 0 N–H and O–H groups in total. The summed E-state index contributed by atoms with van der Waals surface area (Å²) in [6.07, 6.45) is 0. The van der Waals surface area contributed by atoms with E-state index in [-0.39, 0.29) is 21.1 Å². The molecule has 0 unspecified atom stereocenters. The van der Waals surface area contributed by atoms with Crippen molar-refractivity contribution in [1.29, 1.82) is 0 Å². The summed E-state index contributed by atoms with van der Waals surface area (Å²) in [5.41, 5.74) is 1.82. The monoisotopic (exact) mass is 434 g/mol. The van der Waals surface area contributed by atoms with Crippen LogP contribution >= 0.6 is 0 Å². The quantitative estimate of drug-likeness (QED) is 0.554. The standard InChI is InChI=1S/C9H7NO2.3C2H6.W/c1-5-2-3-6-7(4-5)9(12)10-8(6)11;3*1-2;/h2-4H,1H3,(H,10,11,12);3*1-2H3;/p-1. The van der Waals surface area contributed by atoms with Gasteiger partial charge >= 0.3 is 0 Å². The van der Waals surface area contributed by atoms with Crippen LogP contribution in [0.3, 0.4) is 0 Å². The van der Waals surface area contributed by atoms with Crippen LogP contribution in [0.4, 0.5) is 0 Å². The van der Waals surface area contributed by atoms with Crippen molar-refractivity contribution in [3.05, 3.63) is 40.2 Å². The summed E-state index contributed by atoms with van der Waals surface area (Å²) < 4.78 is 0. The summed E-state index contributed by atoms with van der Waals surface area (Å²) in [5.74, 6) is -0.839. The molecule has 3 nitrogen and oxygen atoms in total. The fourth-order valence-corrected chi connectivity index (χ4v) is 1.23. The Morgan fingerprint density at radius 1 is 0.789 bits per heavy atom. The number of imide groups is 1. The van der Waals surface area contributed by atoms with E-state index in [9.17, 15) is 9.59 Å². The van der Waals surface area contributed by atoms with E-state index >= 15 is 0 Å². The van der Waals surface area contributed by atoms with Gasteiger partial charge in [-0.2, -0.15) is 0 Å². The molecule has 2 amide bonds. The maximum atomic E-state index is 11.0. The summed E-state index contributed by atoms with van der Waals surface area (Å²) in [5, 5.41) is 3.32. The molecular weight excluding hydrogens is 410 g/mol. The Bertz CT molecular complexity index is 390. The summed E-state index contributed by atoms with van der Waals surface area (Å²) in [4.78, 5) is 22.0. The minimum Gasteiger partial charge on any atom is -0.587 e. The van der Waals surface area contributed by atoms with Gasteiger partial charge in [0.25, 0.3) is 0 Å². The first-order valence-corrected chi connectivity index (χ1v) is 6.59. The summed E-state index contributed by atoms with van der Waals surface area (Å²) in [6, 6.07) is 5.12. The van der Waals surface area contributed by atoms with Crippen molar-refractivity contribution in [1.82, 2.24) is 0 Å². The zero-order valence-electron chi connectivity index (χ0n) is 12.9. The number of nitrogens with zero attached hydrogens (tertiary/aromatic N) is 1. The van der Waals surface area contributed by atoms with Crippen LogP contribution in [0.15, 0.2) is 18.2 Å². The molecular formula is C15H24NO2W-. The molecule has 0 bridgehead atoms. The molecule has 1 aliphatic rings. The third-order valence-corrected chi connectivity index (χ3v) is 1.84. The van der Waals surface area contributed by atoms with E-state index in [0.29, 0.717) is 11.1 Å². The molecule has 19 heavy (non-hydrogen) atoms. The van der Waals surface area contributed by atoms with Crippen LogP contribution in [0.2, 0.25) is 0 Å². The molecule has 108 valence electrons. The number of rotatable bonds is 0. The van der Waals surface area contributed by atoms with Gasteiger partial charge in [-0.1, -0.05) is 59.2 Å². The second-order valence-corrected chi connectivity index (χ2v) is 2.77. The normalized spacial score (nSPS) is 10.1. The minimum atomic E-state index is -0.421. The second-order valence-electron chi connectivity index (χ2n) is 2.77. The molecule has 0 atom stereocenters. The number of benzene rings is 1. The van der Waals surface area contributed by atoms with Crippen LogP contribution in [0.25, 0.3) is 5.32 Å². The number of carbonyl (C=O) groups is 2. The average molecular weight is 434 g/mol. The van der Waals surface area contributed by atoms with Crippen molar-refractivity contribution in [2.75, 3.05) is 0 Å². The van der Waals surface area contributed by atoms with E-state index in [1.807, 2.05) is 48.5 Å². The van der Waals surface area contributed by atoms with Crippen molar-refractivity contribution >= 4 is 11.8 Å². The number of hydrogen-bond donors (Lipinski definition) is 0. The van der Waals surface area contributed by atoms with Gasteiger partial charge in [0, 0.05) is 32.2 Å². The van der Waals surface area contributed by atoms with Crippen LogP contribution in [-0.2, 0) is 21.1 Å². The molecule has 0 radical (unpaired) electrons. The van der Waals surface area contributed by atoms with E-state index in [4.69, 9.17) is 0 Å². The van der Waals surface area contributed by atoms with Gasteiger partial charge in [0.05, 0.1) is 11.8 Å². The predicted molar refractivity (Wildman–Crippen MR) is 77.2 cm³/mol. The Labute approximate surface area is 131 Å². The number of aryl methyl sites for hydroxylation is 1. The molecule has 1 heterocycles. The fourth-order valence-electron chi connectivity index (χ4n) is 1.23. The van der Waals surface area contributed by atoms with Crippen molar-refractivity contribution in [2.24, 2.45) is 0 Å². The molecule has 4 heteroatoms. The molecule has 0 saturated carbocycles. The zero-order valence-corrected chi connectivity index (χ0v) is 15.8. The van der Waals surface area contributed by atoms with Crippen LogP contribution in [0, 0.1) is 6.92 Å². The third-order valence-electron chi connectivity index (χ3n) is 1.84. The van der Waals surface area contributed by atoms with Crippen molar-refractivity contribution in [2.45, 2.75) is 48.5 Å². The van der Waals surface area contributed by atoms with Gasteiger partial charge in [-0.3, -0.25) is 0 Å². The van der Waals surface area contributed by atoms with E-state index in [1.165, 1.54) is 0 Å². The van der Waals surface area contributed by atoms with Gasteiger partial charge in [-0.25, -0.2) is 0 Å².